The lowest BCUT2D eigenvalue weighted by Crippen LogP contribution is -2.34. The molecule has 0 bridgehead atoms. The molecule has 20 heavy (non-hydrogen) atoms. The van der Waals surface area contributed by atoms with Gasteiger partial charge in [-0.25, -0.2) is 0 Å². The lowest BCUT2D eigenvalue weighted by atomic mass is 9.83. The highest BCUT2D eigenvalue weighted by Gasteiger charge is 2.40. The molecular weight excluding hydrogens is 267 g/mol. The van der Waals surface area contributed by atoms with Crippen molar-refractivity contribution in [1.82, 2.24) is 0 Å². The van der Waals surface area contributed by atoms with Gasteiger partial charge in [-0.15, -0.1) is 0 Å². The van der Waals surface area contributed by atoms with Crippen molar-refractivity contribution in [3.05, 3.63) is 34.4 Å². The number of aryl methyl sites for hydroxylation is 3. The first kappa shape index (κ1) is 17.0. The molecule has 0 aliphatic rings. The minimum Gasteiger partial charge on any atom is -0.293 e. The summed E-state index contributed by atoms with van der Waals surface area (Å²) < 4.78 is 11.8. The van der Waals surface area contributed by atoms with Gasteiger partial charge in [-0.05, 0) is 50.7 Å². The second-order valence-corrected chi connectivity index (χ2v) is 7.22. The smallest absolute Gasteiger partial charge is 0.181 e. The van der Waals surface area contributed by atoms with Gasteiger partial charge < -0.3 is 0 Å². The first-order chi connectivity index (χ1) is 9.27. The lowest BCUT2D eigenvalue weighted by molar-refractivity contribution is 0.0922. The third-order valence-electron chi connectivity index (χ3n) is 3.83. The minimum absolute atomic E-state index is 0.0281. The number of ketones is 1. The van der Waals surface area contributed by atoms with Gasteiger partial charge in [-0.2, -0.15) is 0 Å². The third-order valence-corrected chi connectivity index (χ3v) is 4.88. The Balaban J connectivity index is 3.37. The van der Waals surface area contributed by atoms with Gasteiger partial charge in [0.25, 0.3) is 0 Å². The fraction of sp³-hybridized carbons (Fsp3) is 0.588. The van der Waals surface area contributed by atoms with Crippen LogP contribution >= 0.6 is 8.46 Å². The van der Waals surface area contributed by atoms with Gasteiger partial charge in [0.1, 0.15) is 5.16 Å². The van der Waals surface area contributed by atoms with Crippen LogP contribution in [0.25, 0.3) is 0 Å². The van der Waals surface area contributed by atoms with Crippen LogP contribution in [0.15, 0.2) is 12.1 Å². The minimum atomic E-state index is -0.779. The second-order valence-electron chi connectivity index (χ2n) is 6.18. The van der Waals surface area contributed by atoms with E-state index in [-0.39, 0.29) is 14.2 Å². The van der Waals surface area contributed by atoms with E-state index in [4.69, 9.17) is 0 Å². The van der Waals surface area contributed by atoms with Crippen molar-refractivity contribution in [2.75, 3.05) is 0 Å². The van der Waals surface area contributed by atoms with Gasteiger partial charge in [0, 0.05) is 5.56 Å². The lowest BCUT2D eigenvalue weighted by Gasteiger charge is -2.27. The van der Waals surface area contributed by atoms with Crippen LogP contribution in [0.1, 0.15) is 60.7 Å². The van der Waals surface area contributed by atoms with E-state index in [1.54, 1.807) is 0 Å². The predicted molar refractivity (Wildman–Crippen MR) is 85.1 cm³/mol. The normalized spacial score (nSPS) is 14.6. The van der Waals surface area contributed by atoms with E-state index in [1.807, 2.05) is 39.8 Å². The highest BCUT2D eigenvalue weighted by molar-refractivity contribution is 7.28. The molecule has 0 aliphatic heterocycles. The zero-order chi connectivity index (χ0) is 15.5. The summed E-state index contributed by atoms with van der Waals surface area (Å²) in [5.41, 5.74) is 3.87. The molecule has 2 nitrogen and oxygen atoms in total. The van der Waals surface area contributed by atoms with Crippen LogP contribution in [0.5, 0.6) is 0 Å². The highest BCUT2D eigenvalue weighted by atomic mass is 31.1. The average Bonchev–Trinajstić information content (AvgIpc) is 2.34. The van der Waals surface area contributed by atoms with E-state index >= 15 is 0 Å². The largest absolute Gasteiger partial charge is 0.293 e. The van der Waals surface area contributed by atoms with Crippen LogP contribution < -0.4 is 0 Å². The molecule has 0 aromatic heterocycles. The van der Waals surface area contributed by atoms with Gasteiger partial charge >= 0.3 is 0 Å². The van der Waals surface area contributed by atoms with E-state index in [9.17, 15) is 9.36 Å². The molecule has 1 aromatic carbocycles. The van der Waals surface area contributed by atoms with Gasteiger partial charge in [0.2, 0.25) is 0 Å². The fourth-order valence-electron chi connectivity index (χ4n) is 2.99. The fourth-order valence-corrected chi connectivity index (χ4v) is 3.75. The van der Waals surface area contributed by atoms with Crippen molar-refractivity contribution in [3.8, 4) is 0 Å². The van der Waals surface area contributed by atoms with Crippen LogP contribution in [-0.2, 0) is 4.57 Å². The monoisotopic (exact) mass is 292 g/mol. The summed E-state index contributed by atoms with van der Waals surface area (Å²) in [4.78, 5) is 13.0. The number of hydrogen-bond donors (Lipinski definition) is 0. The maximum absolute atomic E-state index is 13.0. The summed E-state index contributed by atoms with van der Waals surface area (Å²) in [6, 6.07) is 4.05. The Hall–Kier alpha value is -1.01. The maximum Gasteiger partial charge on any atom is 0.181 e. The summed E-state index contributed by atoms with van der Waals surface area (Å²) in [5, 5.41) is -0.779. The number of benzene rings is 1. The molecule has 0 radical (unpaired) electrons. The SMILES string of the molecule is CCC(CC(C)C)(P=O)C(=O)c1c(C)cc(C)cc1C. The van der Waals surface area contributed by atoms with Crippen molar-refractivity contribution in [1.29, 1.82) is 0 Å². The average molecular weight is 292 g/mol. The van der Waals surface area contributed by atoms with E-state index in [0.29, 0.717) is 18.8 Å². The standard InChI is InChI=1S/C17H25O2P/c1-7-17(20-19,10-11(2)3)16(18)15-13(5)8-12(4)9-14(15)6/h8-9,11H,7,10H2,1-6H3. The van der Waals surface area contributed by atoms with Crippen molar-refractivity contribution >= 4 is 14.2 Å². The number of hydrogen-bond acceptors (Lipinski definition) is 2. The molecule has 0 fully saturated rings. The maximum atomic E-state index is 13.0. The molecule has 1 aromatic rings. The molecule has 110 valence electrons. The molecule has 3 heteroatoms. The Kier molecular flexibility index (Phi) is 5.65. The van der Waals surface area contributed by atoms with Crippen LogP contribution in [-0.4, -0.2) is 10.9 Å². The Bertz CT molecular complexity index is 497. The van der Waals surface area contributed by atoms with Crippen molar-refractivity contribution < 1.29 is 9.36 Å². The highest BCUT2D eigenvalue weighted by Crippen LogP contribution is 2.38. The van der Waals surface area contributed by atoms with Gasteiger partial charge in [0.15, 0.2) is 14.2 Å². The van der Waals surface area contributed by atoms with E-state index < -0.39 is 5.16 Å². The van der Waals surface area contributed by atoms with Crippen LogP contribution in [0, 0.1) is 26.7 Å². The molecule has 0 heterocycles. The zero-order valence-electron chi connectivity index (χ0n) is 13.4. The first-order valence-electron chi connectivity index (χ1n) is 7.24. The number of Topliss-reactive ketones (excluding diaryl/α,β-unsaturated/α-hetero) is 1. The Morgan fingerprint density at radius 2 is 1.70 bits per heavy atom. The zero-order valence-corrected chi connectivity index (χ0v) is 14.3. The van der Waals surface area contributed by atoms with Crippen LogP contribution in [0.4, 0.5) is 0 Å². The summed E-state index contributed by atoms with van der Waals surface area (Å²) >= 11 is 0. The first-order valence-corrected chi connectivity index (χ1v) is 8.05. The Morgan fingerprint density at radius 3 is 2.05 bits per heavy atom. The second kappa shape index (κ2) is 6.63. The Morgan fingerprint density at radius 1 is 1.20 bits per heavy atom. The molecule has 1 rings (SSSR count). The van der Waals surface area contributed by atoms with Crippen molar-refractivity contribution in [2.24, 2.45) is 5.92 Å². The molecule has 0 aliphatic carbocycles. The predicted octanol–water partition coefficient (Wildman–Crippen LogP) is 5.28. The topological polar surface area (TPSA) is 34.1 Å². The molecule has 1 unspecified atom stereocenters. The number of carbonyl (C=O) groups is 1. The van der Waals surface area contributed by atoms with E-state index in [0.717, 1.165) is 22.3 Å². The molecular formula is C17H25O2P. The van der Waals surface area contributed by atoms with Crippen LogP contribution in [0.2, 0.25) is 0 Å². The Labute approximate surface area is 124 Å². The van der Waals surface area contributed by atoms with Gasteiger partial charge in [0.05, 0.1) is 0 Å². The third kappa shape index (κ3) is 3.35. The molecule has 0 spiro atoms. The van der Waals surface area contributed by atoms with Crippen molar-refractivity contribution in [2.45, 2.75) is 59.5 Å². The quantitative estimate of drug-likeness (QED) is 0.528. The summed E-state index contributed by atoms with van der Waals surface area (Å²) in [5.74, 6) is 0.367. The van der Waals surface area contributed by atoms with Gasteiger partial charge in [-0.1, -0.05) is 38.5 Å². The molecule has 0 saturated carbocycles. The number of rotatable bonds is 6. The van der Waals surface area contributed by atoms with E-state index in [2.05, 4.69) is 13.8 Å². The molecule has 1 atom stereocenters. The summed E-state index contributed by atoms with van der Waals surface area (Å²) in [6.45, 7) is 12.0. The van der Waals surface area contributed by atoms with E-state index in [1.165, 1.54) is 0 Å². The molecule has 0 N–H and O–H groups in total. The van der Waals surface area contributed by atoms with Crippen molar-refractivity contribution in [3.63, 3.8) is 0 Å². The van der Waals surface area contributed by atoms with Gasteiger partial charge in [-0.3, -0.25) is 9.36 Å². The molecule has 0 saturated heterocycles. The van der Waals surface area contributed by atoms with Crippen LogP contribution in [0.3, 0.4) is 0 Å². The summed E-state index contributed by atoms with van der Waals surface area (Å²) in [7, 11) is -0.0605. The number of carbonyl (C=O) groups excluding carboxylic acids is 1. The molecule has 0 amide bonds. The summed E-state index contributed by atoms with van der Waals surface area (Å²) in [6.07, 6.45) is 1.25.